The summed E-state index contributed by atoms with van der Waals surface area (Å²) < 4.78 is 20.0. The minimum Gasteiger partial charge on any atom is -0.478 e. The standard InChI is InChI=1S/C44H66N2O5S/c1-29-15-20-44(39(49)45-23-8-24-46-25-27-52(50,51)28-26-46)22-21-42(6)34(37(44)30(29)2)13-14-36-41(5)18-16-33(31-9-11-32(12-10-31)38(47)48)40(3,4)35(41)17-19-43(36,42)7/h9-13,16,29-30,35-37,50-51H,8,14-15,17-28H2,1-7H3,(H,45,49)(H,47,48)/t29-,30+,35+,36-,37+,41+,42-,43-,44+/m1/s1. The van der Waals surface area contributed by atoms with Crippen molar-refractivity contribution in [2.75, 3.05) is 37.7 Å². The molecular formula is C44H66N2O5S. The Bertz CT molecular complexity index is 1620. The molecule has 4 N–H and O–H groups in total. The van der Waals surface area contributed by atoms with Gasteiger partial charge in [-0.25, -0.2) is 4.79 Å². The van der Waals surface area contributed by atoms with Gasteiger partial charge in [0.15, 0.2) is 0 Å². The zero-order chi connectivity index (χ0) is 37.5. The minimum absolute atomic E-state index is 0.0334. The molecule has 9 atom stereocenters. The number of nitrogens with one attached hydrogen (secondary N) is 1. The van der Waals surface area contributed by atoms with Crippen LogP contribution < -0.4 is 5.32 Å². The third kappa shape index (κ3) is 5.87. The first-order chi connectivity index (χ1) is 24.4. The topological polar surface area (TPSA) is 110 Å². The number of nitrogens with zero attached hydrogens (tertiary/aromatic N) is 1. The first-order valence-corrected chi connectivity index (χ1v) is 22.3. The molecule has 0 aromatic heterocycles. The van der Waals surface area contributed by atoms with Crippen molar-refractivity contribution >= 4 is 28.0 Å². The number of carbonyl (C=O) groups excluding carboxylic acids is 1. The zero-order valence-corrected chi connectivity index (χ0v) is 33.8. The van der Waals surface area contributed by atoms with Gasteiger partial charge in [-0.15, -0.1) is 0 Å². The number of carboxylic acids is 1. The lowest BCUT2D eigenvalue weighted by atomic mass is 9.33. The van der Waals surface area contributed by atoms with E-state index in [2.05, 4.69) is 70.8 Å². The second-order valence-electron chi connectivity index (χ2n) is 19.4. The van der Waals surface area contributed by atoms with Gasteiger partial charge in [0.2, 0.25) is 5.91 Å². The summed E-state index contributed by atoms with van der Waals surface area (Å²) in [6.45, 7) is 20.5. The molecule has 0 radical (unpaired) electrons. The molecule has 5 aliphatic carbocycles. The number of carbonyl (C=O) groups is 2. The fraction of sp³-hybridized carbons (Fsp3) is 0.727. The van der Waals surface area contributed by atoms with Gasteiger partial charge in [0.05, 0.1) is 22.5 Å². The fourth-order valence-electron chi connectivity index (χ4n) is 13.4. The number of aromatic carboxylic acids is 1. The van der Waals surface area contributed by atoms with E-state index in [-0.39, 0.29) is 38.9 Å². The van der Waals surface area contributed by atoms with Crippen molar-refractivity contribution < 1.29 is 23.8 Å². The Morgan fingerprint density at radius 3 is 2.27 bits per heavy atom. The molecule has 1 heterocycles. The van der Waals surface area contributed by atoms with Crippen molar-refractivity contribution in [1.29, 1.82) is 0 Å². The molecule has 7 rings (SSSR count). The van der Waals surface area contributed by atoms with E-state index in [1.807, 2.05) is 12.1 Å². The van der Waals surface area contributed by atoms with Gasteiger partial charge in [0.25, 0.3) is 0 Å². The number of hydrogen-bond donors (Lipinski definition) is 4. The monoisotopic (exact) mass is 734 g/mol. The normalized spacial score (nSPS) is 41.5. The maximum absolute atomic E-state index is 14.5. The Morgan fingerprint density at radius 1 is 0.904 bits per heavy atom. The van der Waals surface area contributed by atoms with Crippen LogP contribution in [0, 0.1) is 56.7 Å². The highest BCUT2D eigenvalue weighted by atomic mass is 32.3. The summed E-state index contributed by atoms with van der Waals surface area (Å²) in [5.41, 5.74) is 4.42. The van der Waals surface area contributed by atoms with Crippen molar-refractivity contribution in [3.8, 4) is 0 Å². The van der Waals surface area contributed by atoms with Crippen LogP contribution in [0.4, 0.5) is 0 Å². The van der Waals surface area contributed by atoms with Crippen molar-refractivity contribution in [2.24, 2.45) is 56.7 Å². The number of fused-ring (bicyclic) bond motifs is 7. The van der Waals surface area contributed by atoms with Crippen LogP contribution >= 0.6 is 10.6 Å². The summed E-state index contributed by atoms with van der Waals surface area (Å²) >= 11 is 0. The third-order valence-corrected chi connectivity index (χ3v) is 18.5. The largest absolute Gasteiger partial charge is 0.478 e. The molecule has 1 aliphatic heterocycles. The van der Waals surface area contributed by atoms with Crippen LogP contribution in [0.2, 0.25) is 0 Å². The smallest absolute Gasteiger partial charge is 0.335 e. The average molecular weight is 735 g/mol. The highest BCUT2D eigenvalue weighted by molar-refractivity contribution is 8.24. The molecule has 1 amide bonds. The molecule has 288 valence electrons. The summed E-state index contributed by atoms with van der Waals surface area (Å²) in [5.74, 6) is 2.72. The van der Waals surface area contributed by atoms with E-state index < -0.39 is 16.6 Å². The number of benzene rings is 1. The number of amides is 1. The Morgan fingerprint density at radius 2 is 1.60 bits per heavy atom. The number of rotatable bonds is 7. The molecule has 3 saturated carbocycles. The molecule has 1 aromatic rings. The lowest BCUT2D eigenvalue weighted by Crippen LogP contribution is -2.64. The van der Waals surface area contributed by atoms with Crippen molar-refractivity contribution in [2.45, 2.75) is 106 Å². The van der Waals surface area contributed by atoms with Crippen LogP contribution in [0.15, 0.2) is 42.0 Å². The van der Waals surface area contributed by atoms with Crippen LogP contribution in [-0.4, -0.2) is 68.7 Å². The molecule has 1 saturated heterocycles. The van der Waals surface area contributed by atoms with Crippen LogP contribution in [0.3, 0.4) is 0 Å². The van der Waals surface area contributed by atoms with Crippen LogP contribution in [0.25, 0.3) is 5.57 Å². The van der Waals surface area contributed by atoms with Gasteiger partial charge in [-0.2, -0.15) is 10.6 Å². The van der Waals surface area contributed by atoms with Gasteiger partial charge < -0.3 is 15.3 Å². The minimum atomic E-state index is -2.39. The van der Waals surface area contributed by atoms with Gasteiger partial charge in [-0.3, -0.25) is 13.9 Å². The van der Waals surface area contributed by atoms with E-state index in [0.29, 0.717) is 47.3 Å². The predicted octanol–water partition coefficient (Wildman–Crippen LogP) is 9.61. The first-order valence-electron chi connectivity index (χ1n) is 20.4. The summed E-state index contributed by atoms with van der Waals surface area (Å²) in [5, 5.41) is 13.0. The maximum Gasteiger partial charge on any atom is 0.335 e. The molecule has 0 spiro atoms. The number of carboxylic acid groups (broad SMARTS) is 1. The van der Waals surface area contributed by atoms with Gasteiger partial charge in [0.1, 0.15) is 0 Å². The Labute approximate surface area is 314 Å². The zero-order valence-electron chi connectivity index (χ0n) is 33.0. The highest BCUT2D eigenvalue weighted by Crippen LogP contribution is 2.76. The van der Waals surface area contributed by atoms with Crippen molar-refractivity contribution in [3.05, 3.63) is 53.1 Å². The van der Waals surface area contributed by atoms with E-state index in [9.17, 15) is 23.8 Å². The third-order valence-electron chi connectivity index (χ3n) is 16.9. The van der Waals surface area contributed by atoms with Crippen molar-refractivity contribution in [1.82, 2.24) is 10.2 Å². The molecule has 4 fully saturated rings. The molecule has 6 aliphatic rings. The number of hydrogen-bond acceptors (Lipinski definition) is 5. The quantitative estimate of drug-likeness (QED) is 0.164. The lowest BCUT2D eigenvalue weighted by Gasteiger charge is -2.71. The molecule has 7 nitrogen and oxygen atoms in total. The first kappa shape index (κ1) is 38.2. The SMILES string of the molecule is C[C@H]1[C@H](C)CC[C@]2(C(=O)NCCCN3CCS(O)(O)CC3)CC[C@]3(C)C(=CC[C@@H]4[C@@]5(C)CC=C(c6ccc(C(=O)O)cc6)C(C)(C)[C@@H]5CC[C@]43C)[C@H]12. The van der Waals surface area contributed by atoms with Crippen molar-refractivity contribution in [3.63, 3.8) is 0 Å². The van der Waals surface area contributed by atoms with Gasteiger partial charge in [-0.05, 0) is 139 Å². The maximum atomic E-state index is 14.5. The van der Waals surface area contributed by atoms with Crippen LogP contribution in [0.5, 0.6) is 0 Å². The molecule has 8 heteroatoms. The second kappa shape index (κ2) is 13.3. The number of allylic oxidation sites excluding steroid dienone is 4. The average Bonchev–Trinajstić information content (AvgIpc) is 3.09. The fourth-order valence-corrected chi connectivity index (χ4v) is 14.7. The van der Waals surface area contributed by atoms with Gasteiger partial charge in [0, 0.05) is 19.6 Å². The lowest BCUT2D eigenvalue weighted by molar-refractivity contribution is -0.169. The van der Waals surface area contributed by atoms with Crippen LogP contribution in [0.1, 0.15) is 122 Å². The molecule has 1 aromatic carbocycles. The summed E-state index contributed by atoms with van der Waals surface area (Å²) in [6.07, 6.45) is 14.7. The van der Waals surface area contributed by atoms with E-state index >= 15 is 0 Å². The molecule has 0 bridgehead atoms. The van der Waals surface area contributed by atoms with Crippen LogP contribution in [-0.2, 0) is 4.79 Å². The van der Waals surface area contributed by atoms with E-state index in [1.54, 1.807) is 17.7 Å². The highest BCUT2D eigenvalue weighted by Gasteiger charge is 2.69. The summed E-state index contributed by atoms with van der Waals surface area (Å²) in [7, 11) is -2.39. The van der Waals surface area contributed by atoms with E-state index in [4.69, 9.17) is 0 Å². The second-order valence-corrected chi connectivity index (χ2v) is 21.8. The molecule has 0 unspecified atom stereocenters. The van der Waals surface area contributed by atoms with Gasteiger partial charge >= 0.3 is 5.97 Å². The Balaban J connectivity index is 1.14. The Hall–Kier alpha value is -2.13. The summed E-state index contributed by atoms with van der Waals surface area (Å²) in [4.78, 5) is 28.4. The Kier molecular flexibility index (Phi) is 9.74. The van der Waals surface area contributed by atoms with E-state index in [0.717, 1.165) is 70.1 Å². The van der Waals surface area contributed by atoms with Gasteiger partial charge in [-0.1, -0.05) is 78.3 Å². The summed E-state index contributed by atoms with van der Waals surface area (Å²) in [6, 6.07) is 7.52. The predicted molar refractivity (Wildman–Crippen MR) is 212 cm³/mol. The molecule has 52 heavy (non-hydrogen) atoms. The van der Waals surface area contributed by atoms with E-state index in [1.165, 1.54) is 18.4 Å². The molecular weight excluding hydrogens is 669 g/mol.